The number of ketones is 1. The molecule has 2 N–H and O–H groups in total. The Bertz CT molecular complexity index is 1060. The fraction of sp³-hybridized carbons (Fsp3) is 0.190. The van der Waals surface area contributed by atoms with Gasteiger partial charge in [0.15, 0.2) is 6.61 Å². The first-order valence-corrected chi connectivity index (χ1v) is 9.15. The van der Waals surface area contributed by atoms with E-state index in [1.54, 1.807) is 12.1 Å². The lowest BCUT2D eigenvalue weighted by Gasteiger charge is -2.11. The fourth-order valence-electron chi connectivity index (χ4n) is 3.35. The summed E-state index contributed by atoms with van der Waals surface area (Å²) in [4.78, 5) is 35.5. The maximum absolute atomic E-state index is 12.7. The lowest BCUT2D eigenvalue weighted by atomic mass is 10.0. The molecule has 0 unspecified atom stereocenters. The number of rotatable bonds is 8. The molecule has 0 aliphatic carbocycles. The van der Waals surface area contributed by atoms with Crippen LogP contribution < -0.4 is 10.5 Å². The Morgan fingerprint density at radius 3 is 2.39 bits per heavy atom. The number of nitrogens with zero attached hydrogens (tertiary/aromatic N) is 1. The lowest BCUT2D eigenvalue weighted by Crippen LogP contribution is -2.20. The van der Waals surface area contributed by atoms with Gasteiger partial charge in [0.05, 0.1) is 16.5 Å². The molecule has 0 bridgehead atoms. The predicted molar refractivity (Wildman–Crippen MR) is 107 cm³/mol. The summed E-state index contributed by atoms with van der Waals surface area (Å²) in [7, 11) is 0. The van der Waals surface area contributed by atoms with Crippen molar-refractivity contribution in [3.8, 4) is 5.75 Å². The van der Waals surface area contributed by atoms with Gasteiger partial charge < -0.3 is 15.0 Å². The summed E-state index contributed by atoms with van der Waals surface area (Å²) < 4.78 is 7.49. The summed E-state index contributed by atoms with van der Waals surface area (Å²) in [6.07, 6.45) is 0.502. The maximum atomic E-state index is 12.7. The minimum absolute atomic E-state index is 0.202. The van der Waals surface area contributed by atoms with Crippen LogP contribution in [0.4, 0.5) is 0 Å². The minimum Gasteiger partial charge on any atom is -0.483 e. The Morgan fingerprint density at radius 2 is 1.79 bits per heavy atom. The number of hydrogen-bond acceptors (Lipinski definition) is 4. The number of fused-ring (bicyclic) bond motifs is 1. The van der Waals surface area contributed by atoms with Gasteiger partial charge in [0.1, 0.15) is 5.75 Å². The standard InChI is InChI=1S/C21H19ClN2O4/c1-2-14-19(20(26)21(22)27)18-15(9-6-10-16(18)28-12-17(23)25)24(14)11-13-7-4-3-5-8-13/h3-10H,2,11-12H2,1H3,(H2,23,25). The molecule has 0 atom stereocenters. The molecule has 0 spiro atoms. The molecule has 0 fully saturated rings. The molecule has 0 saturated heterocycles. The molecule has 3 rings (SSSR count). The Labute approximate surface area is 166 Å². The summed E-state index contributed by atoms with van der Waals surface area (Å²) in [6.45, 7) is 2.06. The van der Waals surface area contributed by atoms with E-state index in [-0.39, 0.29) is 12.2 Å². The van der Waals surface area contributed by atoms with E-state index < -0.39 is 16.9 Å². The van der Waals surface area contributed by atoms with Crippen LogP contribution >= 0.6 is 11.6 Å². The van der Waals surface area contributed by atoms with Gasteiger partial charge in [-0.2, -0.15) is 0 Å². The van der Waals surface area contributed by atoms with Crippen molar-refractivity contribution in [3.05, 3.63) is 65.4 Å². The van der Waals surface area contributed by atoms with Crippen LogP contribution in [0.3, 0.4) is 0 Å². The molecule has 2 aromatic carbocycles. The Balaban J connectivity index is 2.27. The van der Waals surface area contributed by atoms with Gasteiger partial charge >= 0.3 is 0 Å². The highest BCUT2D eigenvalue weighted by Gasteiger charge is 2.27. The molecule has 6 nitrogen and oxygen atoms in total. The molecule has 7 heteroatoms. The Morgan fingerprint density at radius 1 is 1.07 bits per heavy atom. The molecule has 28 heavy (non-hydrogen) atoms. The van der Waals surface area contributed by atoms with E-state index in [2.05, 4.69) is 0 Å². The third kappa shape index (κ3) is 3.77. The quantitative estimate of drug-likeness (QED) is 0.358. The molecular formula is C21H19ClN2O4. The highest BCUT2D eigenvalue weighted by molar-refractivity contribution is 6.83. The SMILES string of the molecule is CCc1c(C(=O)C(=O)Cl)c2c(OCC(N)=O)cccc2n1Cc1ccccc1. The van der Waals surface area contributed by atoms with E-state index in [0.29, 0.717) is 35.3 Å². The van der Waals surface area contributed by atoms with Crippen LogP contribution in [0, 0.1) is 0 Å². The molecule has 1 heterocycles. The summed E-state index contributed by atoms with van der Waals surface area (Å²) in [5.41, 5.74) is 7.81. The van der Waals surface area contributed by atoms with Crippen LogP contribution in [-0.2, 0) is 22.6 Å². The van der Waals surface area contributed by atoms with Crippen LogP contribution in [0.25, 0.3) is 10.9 Å². The lowest BCUT2D eigenvalue weighted by molar-refractivity contribution is -0.119. The zero-order chi connectivity index (χ0) is 20.3. The van der Waals surface area contributed by atoms with Crippen molar-refractivity contribution in [3.63, 3.8) is 0 Å². The second kappa shape index (κ2) is 8.27. The first kappa shape index (κ1) is 19.6. The largest absolute Gasteiger partial charge is 0.483 e. The number of benzene rings is 2. The number of amides is 1. The number of halogens is 1. The van der Waals surface area contributed by atoms with Gasteiger partial charge in [-0.1, -0.05) is 43.3 Å². The average molecular weight is 399 g/mol. The smallest absolute Gasteiger partial charge is 0.293 e. The zero-order valence-corrected chi connectivity index (χ0v) is 16.0. The van der Waals surface area contributed by atoms with Crippen LogP contribution in [-0.4, -0.2) is 28.1 Å². The normalized spacial score (nSPS) is 10.8. The van der Waals surface area contributed by atoms with Crippen LogP contribution in [0.1, 0.15) is 28.5 Å². The number of carbonyl (C=O) groups excluding carboxylic acids is 3. The zero-order valence-electron chi connectivity index (χ0n) is 15.3. The third-order valence-corrected chi connectivity index (χ3v) is 4.62. The van der Waals surface area contributed by atoms with Crippen molar-refractivity contribution < 1.29 is 19.1 Å². The molecule has 0 aliphatic rings. The minimum atomic E-state index is -1.07. The number of Topliss-reactive ketones (excluding diaryl/α,β-unsaturated/α-hetero) is 1. The molecule has 1 aromatic heterocycles. The van der Waals surface area contributed by atoms with Crippen molar-refractivity contribution >= 4 is 39.4 Å². The average Bonchev–Trinajstić information content (AvgIpc) is 3.00. The maximum Gasteiger partial charge on any atom is 0.293 e. The van der Waals surface area contributed by atoms with Gasteiger partial charge in [0, 0.05) is 12.2 Å². The summed E-state index contributed by atoms with van der Waals surface area (Å²) in [5.74, 6) is -1.14. The second-order valence-electron chi connectivity index (χ2n) is 6.26. The number of nitrogens with two attached hydrogens (primary N) is 1. The highest BCUT2D eigenvalue weighted by Crippen LogP contribution is 2.35. The predicted octanol–water partition coefficient (Wildman–Crippen LogP) is 3.06. The number of primary amides is 1. The Kier molecular flexibility index (Phi) is 5.80. The molecule has 144 valence electrons. The highest BCUT2D eigenvalue weighted by atomic mass is 35.5. The van der Waals surface area contributed by atoms with Crippen molar-refractivity contribution in [2.24, 2.45) is 5.73 Å². The van der Waals surface area contributed by atoms with E-state index in [0.717, 1.165) is 5.56 Å². The number of aromatic nitrogens is 1. The van der Waals surface area contributed by atoms with Crippen molar-refractivity contribution in [2.75, 3.05) is 6.61 Å². The van der Waals surface area contributed by atoms with Crippen LogP contribution in [0.2, 0.25) is 0 Å². The first-order chi connectivity index (χ1) is 13.4. The fourth-order valence-corrected chi connectivity index (χ4v) is 3.44. The van der Waals surface area contributed by atoms with Gasteiger partial charge in [0.2, 0.25) is 5.78 Å². The van der Waals surface area contributed by atoms with Gasteiger partial charge in [-0.3, -0.25) is 14.4 Å². The van der Waals surface area contributed by atoms with Crippen LogP contribution in [0.15, 0.2) is 48.5 Å². The number of carbonyl (C=O) groups is 3. The van der Waals surface area contributed by atoms with Gasteiger partial charge in [-0.05, 0) is 35.7 Å². The van der Waals surface area contributed by atoms with E-state index in [9.17, 15) is 14.4 Å². The summed E-state index contributed by atoms with van der Waals surface area (Å²) in [6, 6.07) is 15.0. The van der Waals surface area contributed by atoms with Gasteiger partial charge in [-0.15, -0.1) is 0 Å². The second-order valence-corrected chi connectivity index (χ2v) is 6.60. The summed E-state index contributed by atoms with van der Waals surface area (Å²) in [5, 5.41) is -0.617. The number of hydrogen-bond donors (Lipinski definition) is 1. The first-order valence-electron chi connectivity index (χ1n) is 8.77. The molecule has 3 aromatic rings. The summed E-state index contributed by atoms with van der Waals surface area (Å²) >= 11 is 5.53. The van der Waals surface area contributed by atoms with Crippen molar-refractivity contribution in [2.45, 2.75) is 19.9 Å². The van der Waals surface area contributed by atoms with E-state index in [1.807, 2.05) is 47.9 Å². The van der Waals surface area contributed by atoms with E-state index >= 15 is 0 Å². The monoisotopic (exact) mass is 398 g/mol. The van der Waals surface area contributed by atoms with Crippen LogP contribution in [0.5, 0.6) is 5.75 Å². The van der Waals surface area contributed by atoms with E-state index in [4.69, 9.17) is 22.1 Å². The topological polar surface area (TPSA) is 91.4 Å². The van der Waals surface area contributed by atoms with Crippen molar-refractivity contribution in [1.82, 2.24) is 4.57 Å². The van der Waals surface area contributed by atoms with Gasteiger partial charge in [0.25, 0.3) is 11.1 Å². The Hall–Kier alpha value is -3.12. The third-order valence-electron chi connectivity index (χ3n) is 4.45. The number of ether oxygens (including phenoxy) is 1. The molecule has 1 amide bonds. The molecule has 0 saturated carbocycles. The molecule has 0 radical (unpaired) electrons. The molecular weight excluding hydrogens is 380 g/mol. The molecule has 0 aliphatic heterocycles. The van der Waals surface area contributed by atoms with E-state index in [1.165, 1.54) is 0 Å². The van der Waals surface area contributed by atoms with Crippen molar-refractivity contribution in [1.29, 1.82) is 0 Å². The van der Waals surface area contributed by atoms with Gasteiger partial charge in [-0.25, -0.2) is 0 Å².